The van der Waals surface area contributed by atoms with Gasteiger partial charge in [0.05, 0.1) is 6.54 Å². The van der Waals surface area contributed by atoms with Gasteiger partial charge in [-0.1, -0.05) is 48.5 Å². The van der Waals surface area contributed by atoms with Crippen molar-refractivity contribution < 1.29 is 13.9 Å². The van der Waals surface area contributed by atoms with Crippen molar-refractivity contribution in [2.75, 3.05) is 6.61 Å². The van der Waals surface area contributed by atoms with Crippen molar-refractivity contribution >= 4 is 22.9 Å². The number of hydrogen-bond donors (Lipinski definition) is 1. The minimum Gasteiger partial charge on any atom is -0.492 e. The lowest BCUT2D eigenvalue weighted by atomic mass is 10.1. The molecule has 0 saturated carbocycles. The number of benzene rings is 3. The van der Waals surface area contributed by atoms with E-state index >= 15 is 0 Å². The largest absolute Gasteiger partial charge is 0.492 e. The summed E-state index contributed by atoms with van der Waals surface area (Å²) in [5.41, 5.74) is 2.74. The van der Waals surface area contributed by atoms with E-state index in [9.17, 15) is 14.4 Å². The average Bonchev–Trinajstić information content (AvgIpc) is 3.20. The molecule has 1 amide bonds. The molecule has 5 nitrogen and oxygen atoms in total. The van der Waals surface area contributed by atoms with E-state index in [1.54, 1.807) is 18.2 Å². The Kier molecular flexibility index (Phi) is 6.81. The maximum Gasteiger partial charge on any atom is 0.262 e. The number of nitriles is 1. The van der Waals surface area contributed by atoms with Gasteiger partial charge in [0.25, 0.3) is 5.91 Å². The lowest BCUT2D eigenvalue weighted by molar-refractivity contribution is -0.117. The summed E-state index contributed by atoms with van der Waals surface area (Å²) in [7, 11) is 0. The standard InChI is InChI=1S/C27H22FN3O2/c28-23-10-12-24(13-11-23)33-15-14-31-19-22(25-8-4-5-9-26(25)31)16-21(17-29)27(32)30-18-20-6-2-1-3-7-20/h1-13,16,19H,14-15,18H2,(H,30,32). The molecule has 0 radical (unpaired) electrons. The Labute approximate surface area is 191 Å². The third kappa shape index (κ3) is 5.46. The van der Waals surface area contributed by atoms with Gasteiger partial charge in [0, 0.05) is 29.2 Å². The first-order chi connectivity index (χ1) is 16.1. The summed E-state index contributed by atoms with van der Waals surface area (Å²) in [6.07, 6.45) is 3.51. The van der Waals surface area contributed by atoms with Gasteiger partial charge in [-0.05, 0) is 42.0 Å². The predicted octanol–water partition coefficient (Wildman–Crippen LogP) is 5.08. The average molecular weight is 439 g/mol. The monoisotopic (exact) mass is 439 g/mol. The number of carbonyl (C=O) groups is 1. The second kappa shape index (κ2) is 10.3. The van der Waals surface area contributed by atoms with Crippen LogP contribution in [0.2, 0.25) is 0 Å². The van der Waals surface area contributed by atoms with Crippen LogP contribution >= 0.6 is 0 Å². The molecular weight excluding hydrogens is 417 g/mol. The van der Waals surface area contributed by atoms with Gasteiger partial charge in [-0.2, -0.15) is 5.26 Å². The molecule has 0 spiro atoms. The van der Waals surface area contributed by atoms with Crippen molar-refractivity contribution in [3.8, 4) is 11.8 Å². The zero-order valence-corrected chi connectivity index (χ0v) is 17.9. The molecular formula is C27H22FN3O2. The van der Waals surface area contributed by atoms with Crippen LogP contribution < -0.4 is 10.1 Å². The minimum atomic E-state index is -0.419. The number of halogens is 1. The van der Waals surface area contributed by atoms with Crippen molar-refractivity contribution in [2.45, 2.75) is 13.1 Å². The molecule has 4 aromatic rings. The van der Waals surface area contributed by atoms with E-state index in [2.05, 4.69) is 5.32 Å². The highest BCUT2D eigenvalue weighted by molar-refractivity contribution is 6.04. The summed E-state index contributed by atoms with van der Waals surface area (Å²) in [6.45, 7) is 1.28. The van der Waals surface area contributed by atoms with Crippen LogP contribution in [0.3, 0.4) is 0 Å². The number of nitrogens with one attached hydrogen (secondary N) is 1. The van der Waals surface area contributed by atoms with E-state index in [1.165, 1.54) is 12.1 Å². The first-order valence-corrected chi connectivity index (χ1v) is 10.5. The Bertz CT molecular complexity index is 1320. The molecule has 0 aliphatic heterocycles. The lowest BCUT2D eigenvalue weighted by Gasteiger charge is -2.08. The Morgan fingerprint density at radius 1 is 1.03 bits per heavy atom. The number of carbonyl (C=O) groups excluding carboxylic acids is 1. The van der Waals surface area contributed by atoms with E-state index < -0.39 is 5.91 Å². The van der Waals surface area contributed by atoms with Gasteiger partial charge in [-0.15, -0.1) is 0 Å². The fourth-order valence-corrected chi connectivity index (χ4v) is 3.55. The summed E-state index contributed by atoms with van der Waals surface area (Å²) in [6, 6.07) is 25.2. The summed E-state index contributed by atoms with van der Waals surface area (Å²) in [4.78, 5) is 12.6. The fraction of sp³-hybridized carbons (Fsp3) is 0.111. The smallest absolute Gasteiger partial charge is 0.262 e. The highest BCUT2D eigenvalue weighted by Crippen LogP contribution is 2.24. The molecule has 164 valence electrons. The van der Waals surface area contributed by atoms with Crippen LogP contribution in [0.25, 0.3) is 17.0 Å². The third-order valence-electron chi connectivity index (χ3n) is 5.19. The topological polar surface area (TPSA) is 67.0 Å². The molecule has 1 heterocycles. The number of aromatic nitrogens is 1. The number of fused-ring (bicyclic) bond motifs is 1. The Hall–Kier alpha value is -4.37. The number of hydrogen-bond acceptors (Lipinski definition) is 3. The molecule has 0 atom stereocenters. The number of rotatable bonds is 8. The summed E-state index contributed by atoms with van der Waals surface area (Å²) in [5.74, 6) is -0.135. The van der Waals surface area contributed by atoms with Gasteiger partial charge in [0.1, 0.15) is 29.8 Å². The second-order valence-corrected chi connectivity index (χ2v) is 7.44. The van der Waals surface area contributed by atoms with Crippen molar-refractivity contribution in [1.82, 2.24) is 9.88 Å². The van der Waals surface area contributed by atoms with Crippen LogP contribution in [0, 0.1) is 17.1 Å². The molecule has 0 aliphatic carbocycles. The van der Waals surface area contributed by atoms with Gasteiger partial charge in [-0.25, -0.2) is 4.39 Å². The van der Waals surface area contributed by atoms with E-state index in [0.717, 1.165) is 22.0 Å². The molecule has 4 rings (SSSR count). The van der Waals surface area contributed by atoms with Crippen LogP contribution in [-0.4, -0.2) is 17.1 Å². The Balaban J connectivity index is 1.50. The van der Waals surface area contributed by atoms with Crippen molar-refractivity contribution in [3.05, 3.63) is 108 Å². The normalized spacial score (nSPS) is 11.2. The number of amides is 1. The summed E-state index contributed by atoms with van der Waals surface area (Å²) >= 11 is 0. The first kappa shape index (κ1) is 21.8. The van der Waals surface area contributed by atoms with E-state index in [0.29, 0.717) is 25.4 Å². The van der Waals surface area contributed by atoms with Crippen LogP contribution in [0.4, 0.5) is 4.39 Å². The summed E-state index contributed by atoms with van der Waals surface area (Å²) in [5, 5.41) is 13.3. The summed E-state index contributed by atoms with van der Waals surface area (Å²) < 4.78 is 20.8. The second-order valence-electron chi connectivity index (χ2n) is 7.44. The SMILES string of the molecule is N#CC(=Cc1cn(CCOc2ccc(F)cc2)c2ccccc12)C(=O)NCc1ccccc1. The molecule has 0 fully saturated rings. The lowest BCUT2D eigenvalue weighted by Crippen LogP contribution is -2.23. The fourth-order valence-electron chi connectivity index (χ4n) is 3.55. The van der Waals surface area contributed by atoms with Gasteiger partial charge in [0.2, 0.25) is 0 Å². The minimum absolute atomic E-state index is 0.0383. The predicted molar refractivity (Wildman–Crippen MR) is 126 cm³/mol. The van der Waals surface area contributed by atoms with Crippen molar-refractivity contribution in [3.63, 3.8) is 0 Å². The Morgan fingerprint density at radius 2 is 1.76 bits per heavy atom. The van der Waals surface area contributed by atoms with Crippen molar-refractivity contribution in [2.24, 2.45) is 0 Å². The van der Waals surface area contributed by atoms with Crippen LogP contribution in [0.1, 0.15) is 11.1 Å². The van der Waals surface area contributed by atoms with Crippen molar-refractivity contribution in [1.29, 1.82) is 5.26 Å². The zero-order valence-electron chi connectivity index (χ0n) is 17.9. The highest BCUT2D eigenvalue weighted by Gasteiger charge is 2.12. The maximum absolute atomic E-state index is 13.1. The Morgan fingerprint density at radius 3 is 2.52 bits per heavy atom. The number of para-hydroxylation sites is 1. The van der Waals surface area contributed by atoms with Gasteiger partial charge < -0.3 is 14.6 Å². The van der Waals surface area contributed by atoms with Crippen LogP contribution in [0.5, 0.6) is 5.75 Å². The van der Waals surface area contributed by atoms with E-state index in [4.69, 9.17) is 4.74 Å². The number of ether oxygens (including phenoxy) is 1. The molecule has 33 heavy (non-hydrogen) atoms. The maximum atomic E-state index is 13.1. The molecule has 0 bridgehead atoms. The molecule has 6 heteroatoms. The van der Waals surface area contributed by atoms with Crippen LogP contribution in [0.15, 0.2) is 90.6 Å². The zero-order chi connectivity index (χ0) is 23.0. The quantitative estimate of drug-likeness (QED) is 0.307. The van der Waals surface area contributed by atoms with Crippen LogP contribution in [-0.2, 0) is 17.9 Å². The third-order valence-corrected chi connectivity index (χ3v) is 5.19. The van der Waals surface area contributed by atoms with Gasteiger partial charge >= 0.3 is 0 Å². The van der Waals surface area contributed by atoms with Gasteiger partial charge in [0.15, 0.2) is 0 Å². The molecule has 1 aromatic heterocycles. The number of nitrogens with zero attached hydrogens (tertiary/aromatic N) is 2. The van der Waals surface area contributed by atoms with Gasteiger partial charge in [-0.3, -0.25) is 4.79 Å². The molecule has 3 aromatic carbocycles. The molecule has 0 unspecified atom stereocenters. The van der Waals surface area contributed by atoms with E-state index in [-0.39, 0.29) is 11.4 Å². The first-order valence-electron chi connectivity index (χ1n) is 10.5. The molecule has 0 aliphatic rings. The highest BCUT2D eigenvalue weighted by atomic mass is 19.1. The van der Waals surface area contributed by atoms with E-state index in [1.807, 2.05) is 71.4 Å². The molecule has 1 N–H and O–H groups in total. The molecule has 0 saturated heterocycles.